The number of guanidine groups is 1. The molecule has 0 radical (unpaired) electrons. The maximum absolute atomic E-state index is 12.1. The average Bonchev–Trinajstić information content (AvgIpc) is 2.65. The highest BCUT2D eigenvalue weighted by Gasteiger charge is 2.08. The van der Waals surface area contributed by atoms with Crippen molar-refractivity contribution in [1.29, 1.82) is 0 Å². The Morgan fingerprint density at radius 3 is 2.54 bits per heavy atom. The molecule has 0 atom stereocenters. The Morgan fingerprint density at radius 1 is 1.11 bits per heavy atom. The van der Waals surface area contributed by atoms with Crippen molar-refractivity contribution in [3.63, 3.8) is 0 Å². The van der Waals surface area contributed by atoms with Crippen molar-refractivity contribution < 1.29 is 9.53 Å². The van der Waals surface area contributed by atoms with Gasteiger partial charge in [0.15, 0.2) is 5.96 Å². The summed E-state index contributed by atoms with van der Waals surface area (Å²) in [6.07, 6.45) is 0.0950. The number of hydrogen-bond donors (Lipinski definition) is 3. The van der Waals surface area contributed by atoms with Gasteiger partial charge in [0.1, 0.15) is 5.75 Å². The molecule has 150 valence electrons. The van der Waals surface area contributed by atoms with Crippen molar-refractivity contribution >= 4 is 17.6 Å². The van der Waals surface area contributed by atoms with Crippen molar-refractivity contribution in [2.24, 2.45) is 4.99 Å². The predicted molar refractivity (Wildman–Crippen MR) is 115 cm³/mol. The van der Waals surface area contributed by atoms with E-state index in [0.717, 1.165) is 22.6 Å². The van der Waals surface area contributed by atoms with Gasteiger partial charge in [0.2, 0.25) is 5.91 Å². The van der Waals surface area contributed by atoms with E-state index >= 15 is 0 Å². The molecule has 6 nitrogen and oxygen atoms in total. The molecule has 2 aromatic rings. The first-order chi connectivity index (χ1) is 13.5. The topological polar surface area (TPSA) is 74.8 Å². The second kappa shape index (κ2) is 11.0. The van der Waals surface area contributed by atoms with E-state index in [-0.39, 0.29) is 18.6 Å². The van der Waals surface area contributed by atoms with Crippen LogP contribution in [0.5, 0.6) is 5.75 Å². The fraction of sp³-hybridized carbons (Fsp3) is 0.364. The van der Waals surface area contributed by atoms with Gasteiger partial charge in [0.05, 0.1) is 19.2 Å². The summed E-state index contributed by atoms with van der Waals surface area (Å²) in [5.74, 6) is 1.30. The van der Waals surface area contributed by atoms with E-state index in [1.165, 1.54) is 0 Å². The van der Waals surface area contributed by atoms with Crippen molar-refractivity contribution in [3.05, 3.63) is 59.7 Å². The normalized spacial score (nSPS) is 11.2. The number of hydrogen-bond acceptors (Lipinski definition) is 3. The number of nitrogens with zero attached hydrogens (tertiary/aromatic N) is 1. The van der Waals surface area contributed by atoms with Gasteiger partial charge in [0, 0.05) is 17.8 Å². The highest BCUT2D eigenvalue weighted by atomic mass is 16.5. The van der Waals surface area contributed by atoms with Crippen LogP contribution in [0.1, 0.15) is 31.9 Å². The third-order valence-corrected chi connectivity index (χ3v) is 3.81. The highest BCUT2D eigenvalue weighted by molar-refractivity contribution is 5.94. The number of para-hydroxylation sites is 1. The summed E-state index contributed by atoms with van der Waals surface area (Å²) in [7, 11) is 0. The second-order valence-electron chi connectivity index (χ2n) is 6.74. The zero-order valence-corrected chi connectivity index (χ0v) is 17.1. The van der Waals surface area contributed by atoms with Crippen LogP contribution < -0.4 is 20.7 Å². The molecule has 0 aliphatic carbocycles. The Kier molecular flexibility index (Phi) is 8.34. The Morgan fingerprint density at radius 2 is 1.86 bits per heavy atom. The molecule has 6 heteroatoms. The van der Waals surface area contributed by atoms with Gasteiger partial charge in [-0.2, -0.15) is 0 Å². The number of amides is 1. The smallest absolute Gasteiger partial charge is 0.243 e. The number of benzene rings is 2. The third-order valence-electron chi connectivity index (χ3n) is 3.81. The summed E-state index contributed by atoms with van der Waals surface area (Å²) in [4.78, 5) is 16.7. The lowest BCUT2D eigenvalue weighted by Crippen LogP contribution is -2.41. The molecular formula is C22H30N4O2. The van der Waals surface area contributed by atoms with Crippen LogP contribution in [0.2, 0.25) is 0 Å². The average molecular weight is 383 g/mol. The molecule has 2 aromatic carbocycles. The summed E-state index contributed by atoms with van der Waals surface area (Å²) < 4.78 is 5.91. The molecule has 0 fully saturated rings. The van der Waals surface area contributed by atoms with Gasteiger partial charge in [0.25, 0.3) is 0 Å². The van der Waals surface area contributed by atoms with Crippen LogP contribution in [0.25, 0.3) is 0 Å². The largest absolute Gasteiger partial charge is 0.491 e. The Labute approximate surface area is 167 Å². The molecule has 2 rings (SSSR count). The first-order valence-electron chi connectivity index (χ1n) is 9.61. The van der Waals surface area contributed by atoms with Crippen molar-refractivity contribution in [3.8, 4) is 5.75 Å². The summed E-state index contributed by atoms with van der Waals surface area (Å²) >= 11 is 0. The van der Waals surface area contributed by atoms with E-state index in [4.69, 9.17) is 4.74 Å². The highest BCUT2D eigenvalue weighted by Crippen LogP contribution is 2.22. The van der Waals surface area contributed by atoms with Crippen molar-refractivity contribution in [1.82, 2.24) is 10.6 Å². The number of carbonyl (C=O) groups excluding carboxylic acids is 1. The lowest BCUT2D eigenvalue weighted by molar-refractivity contribution is -0.115. The minimum Gasteiger partial charge on any atom is -0.491 e. The van der Waals surface area contributed by atoms with E-state index in [0.29, 0.717) is 19.0 Å². The zero-order valence-electron chi connectivity index (χ0n) is 17.1. The zero-order chi connectivity index (χ0) is 20.4. The molecular weight excluding hydrogens is 352 g/mol. The summed E-state index contributed by atoms with van der Waals surface area (Å²) in [6.45, 7) is 9.33. The molecule has 0 aliphatic rings. The lowest BCUT2D eigenvalue weighted by Gasteiger charge is -2.15. The van der Waals surface area contributed by atoms with Gasteiger partial charge in [-0.3, -0.25) is 4.79 Å². The molecule has 28 heavy (non-hydrogen) atoms. The Balaban J connectivity index is 1.99. The fourth-order valence-electron chi connectivity index (χ4n) is 2.55. The van der Waals surface area contributed by atoms with Crippen molar-refractivity contribution in [2.75, 3.05) is 18.4 Å². The summed E-state index contributed by atoms with van der Waals surface area (Å²) in [5, 5.41) is 9.08. The van der Waals surface area contributed by atoms with Gasteiger partial charge < -0.3 is 20.7 Å². The molecule has 0 aromatic heterocycles. The molecule has 1 amide bonds. The van der Waals surface area contributed by atoms with Crippen LogP contribution in [0.3, 0.4) is 0 Å². The SMILES string of the molecule is CCNC(=NCc1ccc(C)cc1OC(C)C)NCC(=O)Nc1ccccc1. The maximum Gasteiger partial charge on any atom is 0.243 e. The molecule has 3 N–H and O–H groups in total. The number of anilines is 1. The van der Waals surface area contributed by atoms with Crippen molar-refractivity contribution in [2.45, 2.75) is 40.3 Å². The maximum atomic E-state index is 12.1. The molecule has 0 saturated heterocycles. The van der Waals surface area contributed by atoms with Gasteiger partial charge >= 0.3 is 0 Å². The van der Waals surface area contributed by atoms with Crippen LogP contribution in [-0.2, 0) is 11.3 Å². The number of nitrogens with one attached hydrogen (secondary N) is 3. The minimum absolute atomic E-state index is 0.0950. The number of ether oxygens (including phenoxy) is 1. The van der Waals surface area contributed by atoms with E-state index in [2.05, 4.69) is 20.9 Å². The van der Waals surface area contributed by atoms with Gasteiger partial charge in [-0.1, -0.05) is 30.3 Å². The molecule has 0 bridgehead atoms. The van der Waals surface area contributed by atoms with Gasteiger partial charge in [-0.25, -0.2) is 4.99 Å². The molecule has 0 heterocycles. The van der Waals surface area contributed by atoms with Crippen LogP contribution in [-0.4, -0.2) is 31.1 Å². The number of aryl methyl sites for hydroxylation is 1. The van der Waals surface area contributed by atoms with Gasteiger partial charge in [-0.15, -0.1) is 0 Å². The van der Waals surface area contributed by atoms with E-state index in [1.54, 1.807) is 0 Å². The molecule has 0 aliphatic heterocycles. The fourth-order valence-corrected chi connectivity index (χ4v) is 2.55. The van der Waals surface area contributed by atoms with Crippen LogP contribution in [0.4, 0.5) is 5.69 Å². The summed E-state index contributed by atoms with van der Waals surface area (Å²) in [5.41, 5.74) is 2.92. The molecule has 0 unspecified atom stereocenters. The van der Waals surface area contributed by atoms with Crippen LogP contribution in [0, 0.1) is 6.92 Å². The minimum atomic E-state index is -0.129. The third kappa shape index (κ3) is 7.31. The Hall–Kier alpha value is -3.02. The van der Waals surface area contributed by atoms with E-state index in [9.17, 15) is 4.79 Å². The first kappa shape index (κ1) is 21.3. The number of carbonyl (C=O) groups is 1. The second-order valence-corrected chi connectivity index (χ2v) is 6.74. The number of rotatable bonds is 8. The standard InChI is InChI=1S/C22H30N4O2/c1-5-23-22(25-15-21(27)26-19-9-7-6-8-10-19)24-14-18-12-11-17(4)13-20(18)28-16(2)3/h6-13,16H,5,14-15H2,1-4H3,(H,26,27)(H2,23,24,25). The lowest BCUT2D eigenvalue weighted by atomic mass is 10.1. The monoisotopic (exact) mass is 382 g/mol. The number of aliphatic imine (C=N–C) groups is 1. The van der Waals surface area contributed by atoms with Crippen LogP contribution >= 0.6 is 0 Å². The summed E-state index contributed by atoms with van der Waals surface area (Å²) in [6, 6.07) is 15.5. The predicted octanol–water partition coefficient (Wildman–Crippen LogP) is 3.48. The quantitative estimate of drug-likeness (QED) is 0.483. The van der Waals surface area contributed by atoms with E-state index in [1.807, 2.05) is 76.2 Å². The first-order valence-corrected chi connectivity index (χ1v) is 9.61. The van der Waals surface area contributed by atoms with Gasteiger partial charge in [-0.05, 0) is 51.5 Å². The molecule has 0 spiro atoms. The Bertz CT molecular complexity index is 788. The van der Waals surface area contributed by atoms with Crippen LogP contribution in [0.15, 0.2) is 53.5 Å². The van der Waals surface area contributed by atoms with E-state index < -0.39 is 0 Å². The molecule has 0 saturated carbocycles.